The highest BCUT2D eigenvalue weighted by atomic mass is 32.2. The molecule has 70 valence electrons. The van der Waals surface area contributed by atoms with Gasteiger partial charge in [-0.15, -0.1) is 0 Å². The first kappa shape index (κ1) is 11.5. The van der Waals surface area contributed by atoms with Crippen LogP contribution >= 0.6 is 12.0 Å². The molecule has 0 saturated heterocycles. The van der Waals surface area contributed by atoms with Crippen molar-refractivity contribution in [2.45, 2.75) is 4.90 Å². The molecule has 1 rings (SSSR count). The number of hydrogen-bond acceptors (Lipinski definition) is 6. The summed E-state index contributed by atoms with van der Waals surface area (Å²) in [6.45, 7) is 0. The molecule has 0 radical (unpaired) electrons. The van der Waals surface area contributed by atoms with Gasteiger partial charge in [-0.3, -0.25) is 0 Å². The highest BCUT2D eigenvalue weighted by molar-refractivity contribution is 7.93. The maximum atomic E-state index is 8.59. The molecule has 0 heterocycles. The summed E-state index contributed by atoms with van der Waals surface area (Å²) in [6.07, 6.45) is 0.250. The van der Waals surface area contributed by atoms with Gasteiger partial charge in [0.1, 0.15) is 0 Å². The van der Waals surface area contributed by atoms with Gasteiger partial charge in [-0.2, -0.15) is 9.59 Å². The van der Waals surface area contributed by atoms with Gasteiger partial charge in [-0.05, 0) is 18.2 Å². The van der Waals surface area contributed by atoms with E-state index in [1.807, 2.05) is 0 Å². The zero-order valence-corrected chi connectivity index (χ0v) is 7.38. The van der Waals surface area contributed by atoms with Gasteiger partial charge in [0, 0.05) is 28.3 Å². The lowest BCUT2D eigenvalue weighted by Crippen LogP contribution is -1.89. The molecular weight excluding hydrogens is 192 g/mol. The summed E-state index contributed by atoms with van der Waals surface area (Å²) in [5.74, 6) is 0. The molecule has 0 saturated carbocycles. The maximum Gasteiger partial charge on any atom is 0.373 e. The molecule has 0 unspecified atom stereocenters. The normalized spacial score (nSPS) is 8.08. The highest BCUT2D eigenvalue weighted by Gasteiger charge is 1.94. The van der Waals surface area contributed by atoms with Crippen LogP contribution in [0.3, 0.4) is 0 Å². The van der Waals surface area contributed by atoms with E-state index in [1.54, 1.807) is 18.2 Å². The second-order valence-corrected chi connectivity index (χ2v) is 2.66. The Morgan fingerprint density at radius 3 is 1.85 bits per heavy atom. The van der Waals surface area contributed by atoms with Crippen LogP contribution in [0.2, 0.25) is 0 Å². The minimum atomic E-state index is 0.250. The molecule has 0 aliphatic heterocycles. The van der Waals surface area contributed by atoms with Gasteiger partial charge in [0.2, 0.25) is 0 Å². The molecular formula is C7H8N2O3S. The van der Waals surface area contributed by atoms with Crippen molar-refractivity contribution in [1.82, 2.24) is 0 Å². The number of anilines is 2. The van der Waals surface area contributed by atoms with E-state index in [1.165, 1.54) is 0 Å². The summed E-state index contributed by atoms with van der Waals surface area (Å²) in [5.41, 5.74) is 12.0. The van der Waals surface area contributed by atoms with Crippen LogP contribution in [0.25, 0.3) is 0 Å². The summed E-state index contributed by atoms with van der Waals surface area (Å²) >= 11 is 0.637. The van der Waals surface area contributed by atoms with E-state index in [0.717, 1.165) is 0 Å². The summed E-state index contributed by atoms with van der Waals surface area (Å²) in [7, 11) is 0. The van der Waals surface area contributed by atoms with Crippen molar-refractivity contribution in [2.24, 2.45) is 0 Å². The van der Waals surface area contributed by atoms with Crippen molar-refractivity contribution in [1.29, 1.82) is 0 Å². The minimum Gasteiger partial charge on any atom is -0.399 e. The van der Waals surface area contributed by atoms with Crippen LogP contribution in [-0.2, 0) is 9.59 Å². The van der Waals surface area contributed by atoms with E-state index in [9.17, 15) is 0 Å². The number of hydrogen-bond donors (Lipinski definition) is 3. The molecule has 1 aromatic rings. The zero-order chi connectivity index (χ0) is 10.3. The summed E-state index contributed by atoms with van der Waals surface area (Å²) in [6, 6.07) is 4.95. The quantitative estimate of drug-likeness (QED) is 0.458. The Bertz CT molecular complexity index is 290. The molecule has 6 heteroatoms. The predicted octanol–water partition coefficient (Wildman–Crippen LogP) is 0.833. The summed E-state index contributed by atoms with van der Waals surface area (Å²) in [4.78, 5) is 16.9. The lowest BCUT2D eigenvalue weighted by atomic mass is 10.3. The fraction of sp³-hybridized carbons (Fsp3) is 0. The van der Waals surface area contributed by atoms with Crippen LogP contribution in [0.15, 0.2) is 23.1 Å². The van der Waals surface area contributed by atoms with Gasteiger partial charge < -0.3 is 16.0 Å². The molecule has 0 spiro atoms. The smallest absolute Gasteiger partial charge is 0.373 e. The second-order valence-electron chi connectivity index (χ2n) is 2.01. The third-order valence-electron chi connectivity index (χ3n) is 1.06. The van der Waals surface area contributed by atoms with Crippen molar-refractivity contribution in [3.05, 3.63) is 18.2 Å². The lowest BCUT2D eigenvalue weighted by molar-refractivity contribution is -0.191. The monoisotopic (exact) mass is 200 g/mol. The van der Waals surface area contributed by atoms with Crippen molar-refractivity contribution in [3.63, 3.8) is 0 Å². The Morgan fingerprint density at radius 2 is 1.54 bits per heavy atom. The molecule has 0 atom stereocenters. The minimum absolute atomic E-state index is 0.250. The van der Waals surface area contributed by atoms with Gasteiger partial charge in [-0.1, -0.05) is 0 Å². The maximum absolute atomic E-state index is 8.59. The Balaban J connectivity index is 0.000000424. The third-order valence-corrected chi connectivity index (χ3v) is 1.50. The van der Waals surface area contributed by atoms with Crippen LogP contribution in [0, 0.1) is 0 Å². The molecule has 13 heavy (non-hydrogen) atoms. The summed E-state index contributed by atoms with van der Waals surface area (Å²) in [5, 5.41) is 0. The molecule has 5 nitrogen and oxygen atoms in total. The lowest BCUT2D eigenvalue weighted by Gasteiger charge is -1.98. The average Bonchev–Trinajstić information content (AvgIpc) is 2.04. The molecule has 0 aliphatic carbocycles. The Hall–Kier alpha value is -1.49. The van der Waals surface area contributed by atoms with Crippen LogP contribution in [0.4, 0.5) is 11.4 Å². The van der Waals surface area contributed by atoms with E-state index in [2.05, 4.69) is 0 Å². The Kier molecular flexibility index (Phi) is 5.38. The van der Waals surface area contributed by atoms with Gasteiger partial charge in [-0.25, -0.2) is 0 Å². The summed E-state index contributed by atoms with van der Waals surface area (Å²) < 4.78 is 8.59. The molecule has 1 aromatic carbocycles. The van der Waals surface area contributed by atoms with Gasteiger partial charge in [0.15, 0.2) is 0 Å². The first-order chi connectivity index (χ1) is 6.13. The van der Waals surface area contributed by atoms with E-state index >= 15 is 0 Å². The molecule has 0 bridgehead atoms. The molecule has 0 aromatic heterocycles. The molecule has 0 amide bonds. The van der Waals surface area contributed by atoms with E-state index in [4.69, 9.17) is 25.6 Å². The predicted molar refractivity (Wildman–Crippen MR) is 48.8 cm³/mol. The van der Waals surface area contributed by atoms with E-state index in [-0.39, 0.29) is 6.15 Å². The third kappa shape index (κ3) is 4.86. The average molecular weight is 200 g/mol. The van der Waals surface area contributed by atoms with Crippen LogP contribution in [0.1, 0.15) is 0 Å². The number of nitrogens with two attached hydrogens (primary N) is 2. The number of rotatable bonds is 1. The fourth-order valence-corrected chi connectivity index (χ4v) is 1.08. The SMILES string of the molecule is Nc1cc(N)cc(SO)c1.O=C=O. The zero-order valence-electron chi connectivity index (χ0n) is 6.56. The number of benzene rings is 1. The van der Waals surface area contributed by atoms with E-state index in [0.29, 0.717) is 28.3 Å². The van der Waals surface area contributed by atoms with Gasteiger partial charge in [0.25, 0.3) is 0 Å². The second kappa shape index (κ2) is 6.07. The first-order valence-corrected chi connectivity index (χ1v) is 3.88. The van der Waals surface area contributed by atoms with Crippen molar-refractivity contribution in [2.75, 3.05) is 11.5 Å². The largest absolute Gasteiger partial charge is 0.399 e. The number of nitrogen functional groups attached to an aromatic ring is 2. The van der Waals surface area contributed by atoms with Gasteiger partial charge >= 0.3 is 6.15 Å². The van der Waals surface area contributed by atoms with Crippen molar-refractivity contribution >= 4 is 29.6 Å². The van der Waals surface area contributed by atoms with E-state index < -0.39 is 0 Å². The number of carbonyl (C=O) groups excluding carboxylic acids is 2. The van der Waals surface area contributed by atoms with Gasteiger partial charge in [0.05, 0.1) is 0 Å². The standard InChI is InChI=1S/C6H8N2OS.CO2/c7-4-1-5(8)3-6(2-4)10-9;2-1-3/h1-3,9H,7-8H2;. The van der Waals surface area contributed by atoms with Crippen molar-refractivity contribution < 1.29 is 14.1 Å². The fourth-order valence-electron chi connectivity index (χ4n) is 0.699. The topological polar surface area (TPSA) is 106 Å². The van der Waals surface area contributed by atoms with Crippen LogP contribution in [0.5, 0.6) is 0 Å². The van der Waals surface area contributed by atoms with Crippen LogP contribution < -0.4 is 11.5 Å². The molecule has 0 aliphatic rings. The van der Waals surface area contributed by atoms with Crippen molar-refractivity contribution in [3.8, 4) is 0 Å². The van der Waals surface area contributed by atoms with Crippen LogP contribution in [-0.4, -0.2) is 10.7 Å². The Morgan fingerprint density at radius 1 is 1.15 bits per heavy atom. The molecule has 5 N–H and O–H groups in total. The highest BCUT2D eigenvalue weighted by Crippen LogP contribution is 2.20. The molecule has 0 fully saturated rings. The first-order valence-electron chi connectivity index (χ1n) is 3.10. The Labute approximate surface area is 78.9 Å².